The monoisotopic (exact) mass is 460 g/mol. The lowest BCUT2D eigenvalue weighted by atomic mass is 9.88. The first-order valence-electron chi connectivity index (χ1n) is 9.32. The SMILES string of the molecule is CC(C)OP(=O)([O-])OC[C@H]1OC[C@H](O)C1OP(=O)([O-])OC[C@H]1OC[C@@H]2O[C@H](C)C21. The highest BCUT2D eigenvalue weighted by Gasteiger charge is 2.50. The maximum Gasteiger partial charge on any atom is 0.268 e. The van der Waals surface area contributed by atoms with Gasteiger partial charge in [0.15, 0.2) is 0 Å². The average Bonchev–Trinajstić information content (AvgIpc) is 3.10. The van der Waals surface area contributed by atoms with Crippen LogP contribution in [0.15, 0.2) is 0 Å². The predicted octanol–water partition coefficient (Wildman–Crippen LogP) is -0.671. The molecule has 3 fully saturated rings. The number of fused-ring (bicyclic) bond motifs is 1. The fourth-order valence-electron chi connectivity index (χ4n) is 3.59. The molecule has 14 heteroatoms. The van der Waals surface area contributed by atoms with E-state index in [0.717, 1.165) is 0 Å². The van der Waals surface area contributed by atoms with Crippen molar-refractivity contribution in [2.75, 3.05) is 26.4 Å². The van der Waals surface area contributed by atoms with Crippen molar-refractivity contribution in [3.05, 3.63) is 0 Å². The predicted molar refractivity (Wildman–Crippen MR) is 91.5 cm³/mol. The van der Waals surface area contributed by atoms with Crippen molar-refractivity contribution >= 4 is 15.6 Å². The quantitative estimate of drug-likeness (QED) is 0.409. The van der Waals surface area contributed by atoms with Crippen LogP contribution >= 0.6 is 15.6 Å². The fraction of sp³-hybridized carbons (Fsp3) is 1.00. The molecule has 0 aromatic rings. The van der Waals surface area contributed by atoms with Gasteiger partial charge < -0.3 is 47.2 Å². The molecule has 3 heterocycles. The maximum atomic E-state index is 12.2. The molecular weight excluding hydrogens is 434 g/mol. The van der Waals surface area contributed by atoms with Crippen LogP contribution in [0.3, 0.4) is 0 Å². The van der Waals surface area contributed by atoms with Gasteiger partial charge in [0.2, 0.25) is 0 Å². The summed E-state index contributed by atoms with van der Waals surface area (Å²) in [5.74, 6) is 0.0451. The Kier molecular flexibility index (Phi) is 7.59. The Morgan fingerprint density at radius 1 is 1.07 bits per heavy atom. The Morgan fingerprint density at radius 3 is 2.34 bits per heavy atom. The third-order valence-corrected chi connectivity index (χ3v) is 6.99. The van der Waals surface area contributed by atoms with Crippen molar-refractivity contribution in [2.24, 2.45) is 5.92 Å². The topological polar surface area (TPSA) is 165 Å². The smallest absolute Gasteiger partial charge is 0.268 e. The lowest BCUT2D eigenvalue weighted by molar-refractivity contribution is -0.238. The van der Waals surface area contributed by atoms with Crippen molar-refractivity contribution in [2.45, 2.75) is 63.5 Å². The van der Waals surface area contributed by atoms with Gasteiger partial charge in [-0.2, -0.15) is 0 Å². The zero-order valence-electron chi connectivity index (χ0n) is 16.3. The molecule has 3 aliphatic rings. The first-order chi connectivity index (χ1) is 13.5. The van der Waals surface area contributed by atoms with Crippen LogP contribution in [0, 0.1) is 5.92 Å². The van der Waals surface area contributed by atoms with Gasteiger partial charge in [0.25, 0.3) is 15.6 Å². The molecule has 0 radical (unpaired) electrons. The van der Waals surface area contributed by atoms with Gasteiger partial charge in [0, 0.05) is 5.92 Å². The summed E-state index contributed by atoms with van der Waals surface area (Å²) in [4.78, 5) is 23.9. The van der Waals surface area contributed by atoms with E-state index < -0.39 is 52.8 Å². The van der Waals surface area contributed by atoms with Crippen LogP contribution in [0.5, 0.6) is 0 Å². The van der Waals surface area contributed by atoms with Crippen molar-refractivity contribution in [1.29, 1.82) is 0 Å². The molecule has 9 atom stereocenters. The minimum absolute atomic E-state index is 0.0451. The Balaban J connectivity index is 1.50. The summed E-state index contributed by atoms with van der Waals surface area (Å²) in [5.41, 5.74) is 0. The lowest BCUT2D eigenvalue weighted by Crippen LogP contribution is -2.49. The summed E-state index contributed by atoms with van der Waals surface area (Å²) in [6, 6.07) is 0. The number of aliphatic hydroxyl groups excluding tert-OH is 1. The lowest BCUT2D eigenvalue weighted by Gasteiger charge is -2.39. The van der Waals surface area contributed by atoms with Crippen LogP contribution in [0.25, 0.3) is 0 Å². The molecule has 170 valence electrons. The van der Waals surface area contributed by atoms with Crippen LogP contribution in [-0.4, -0.2) is 74.3 Å². The summed E-state index contributed by atoms with van der Waals surface area (Å²) < 4.78 is 59.2. The van der Waals surface area contributed by atoms with Crippen molar-refractivity contribution < 1.29 is 56.3 Å². The number of phosphoric acid groups is 2. The molecule has 0 spiro atoms. The number of ether oxygens (including phenoxy) is 3. The van der Waals surface area contributed by atoms with Gasteiger partial charge in [-0.1, -0.05) is 0 Å². The maximum absolute atomic E-state index is 12.2. The highest BCUT2D eigenvalue weighted by molar-refractivity contribution is 7.46. The van der Waals surface area contributed by atoms with Gasteiger partial charge in [0.1, 0.15) is 18.3 Å². The number of hydrogen-bond acceptors (Lipinski definition) is 12. The van der Waals surface area contributed by atoms with Crippen molar-refractivity contribution in [3.8, 4) is 0 Å². The molecule has 0 amide bonds. The highest BCUT2D eigenvalue weighted by Crippen LogP contribution is 2.46. The summed E-state index contributed by atoms with van der Waals surface area (Å²) in [6.07, 6.45) is -5.03. The molecule has 3 aliphatic heterocycles. The summed E-state index contributed by atoms with van der Waals surface area (Å²) in [5, 5.41) is 9.96. The molecule has 3 saturated heterocycles. The molecule has 12 nitrogen and oxygen atoms in total. The van der Waals surface area contributed by atoms with Crippen LogP contribution in [0.1, 0.15) is 20.8 Å². The Bertz CT molecular complexity index is 659. The van der Waals surface area contributed by atoms with Gasteiger partial charge in [-0.05, 0) is 20.8 Å². The van der Waals surface area contributed by atoms with Gasteiger partial charge in [-0.15, -0.1) is 0 Å². The van der Waals surface area contributed by atoms with Crippen LogP contribution in [0.4, 0.5) is 0 Å². The number of aliphatic hydroxyl groups is 1. The zero-order chi connectivity index (χ0) is 21.4. The van der Waals surface area contributed by atoms with E-state index in [9.17, 15) is 24.0 Å². The van der Waals surface area contributed by atoms with Crippen molar-refractivity contribution in [1.82, 2.24) is 0 Å². The second kappa shape index (κ2) is 9.28. The third-order valence-electron chi connectivity index (χ3n) is 4.88. The second-order valence-corrected chi connectivity index (χ2v) is 10.2. The zero-order valence-corrected chi connectivity index (χ0v) is 18.1. The van der Waals surface area contributed by atoms with Gasteiger partial charge in [-0.3, -0.25) is 9.13 Å². The van der Waals surface area contributed by atoms with Gasteiger partial charge in [0.05, 0.1) is 50.8 Å². The molecule has 3 rings (SSSR count). The van der Waals surface area contributed by atoms with Gasteiger partial charge >= 0.3 is 0 Å². The molecule has 0 saturated carbocycles. The van der Waals surface area contributed by atoms with E-state index in [2.05, 4.69) is 4.52 Å². The van der Waals surface area contributed by atoms with E-state index in [1.807, 2.05) is 6.92 Å². The molecule has 0 aromatic carbocycles. The minimum atomic E-state index is -4.84. The molecular formula is C15H26O12P2-2. The number of rotatable bonds is 10. The molecule has 1 N–H and O–H groups in total. The average molecular weight is 460 g/mol. The van der Waals surface area contributed by atoms with Crippen molar-refractivity contribution in [3.63, 3.8) is 0 Å². The van der Waals surface area contributed by atoms with E-state index >= 15 is 0 Å². The standard InChI is InChI=1S/C15H28O12P2/c1-8(2)26-28(17,18)24-7-13-15(10(16)4-21-13)27-29(19,20)23-6-11-14-9(3)25-12(14)5-22-11/h8-16H,4-7H2,1-3H3,(H,17,18)(H,19,20)/p-2/t9-,10+,11-,12+,13-,14?,15?/m1/s1. The van der Waals surface area contributed by atoms with E-state index in [0.29, 0.717) is 6.61 Å². The summed E-state index contributed by atoms with van der Waals surface area (Å²) in [7, 11) is -9.45. The number of hydrogen-bond donors (Lipinski definition) is 1. The highest BCUT2D eigenvalue weighted by atomic mass is 31.2. The van der Waals surface area contributed by atoms with E-state index in [1.165, 1.54) is 13.8 Å². The normalized spacial score (nSPS) is 41.0. The van der Waals surface area contributed by atoms with E-state index in [1.54, 1.807) is 0 Å². The molecule has 0 bridgehead atoms. The third kappa shape index (κ3) is 6.06. The number of phosphoric ester groups is 2. The molecule has 0 aromatic heterocycles. The Hall–Kier alpha value is 0.0600. The largest absolute Gasteiger partial charge is 0.756 e. The van der Waals surface area contributed by atoms with Crippen LogP contribution in [0.2, 0.25) is 0 Å². The van der Waals surface area contributed by atoms with Gasteiger partial charge in [-0.25, -0.2) is 0 Å². The molecule has 0 aliphatic carbocycles. The Morgan fingerprint density at radius 2 is 1.69 bits per heavy atom. The summed E-state index contributed by atoms with van der Waals surface area (Å²) >= 11 is 0. The minimum Gasteiger partial charge on any atom is -0.756 e. The summed E-state index contributed by atoms with van der Waals surface area (Å²) in [6.45, 7) is 4.16. The second-order valence-electron chi connectivity index (χ2n) is 7.48. The Labute approximate surface area is 168 Å². The fourth-order valence-corrected chi connectivity index (χ4v) is 5.46. The molecule has 29 heavy (non-hydrogen) atoms. The van der Waals surface area contributed by atoms with E-state index in [4.69, 9.17) is 27.8 Å². The molecule has 4 unspecified atom stereocenters. The first kappa shape index (κ1) is 23.7. The van der Waals surface area contributed by atoms with Crippen LogP contribution < -0.4 is 9.79 Å². The van der Waals surface area contributed by atoms with Crippen LogP contribution in [-0.2, 0) is 41.4 Å². The van der Waals surface area contributed by atoms with E-state index in [-0.39, 0.29) is 31.3 Å². The first-order valence-corrected chi connectivity index (χ1v) is 12.2.